The van der Waals surface area contributed by atoms with E-state index in [-0.39, 0.29) is 17.1 Å². The van der Waals surface area contributed by atoms with Gasteiger partial charge in [0.25, 0.3) is 0 Å². The van der Waals surface area contributed by atoms with Gasteiger partial charge in [-0.1, -0.05) is 54.1 Å². The lowest BCUT2D eigenvalue weighted by atomic mass is 10.1. The molecule has 0 saturated carbocycles. The number of rotatable bonds is 7. The normalized spacial score (nSPS) is 12.6. The van der Waals surface area contributed by atoms with Crippen LogP contribution in [0.25, 0.3) is 0 Å². The molecule has 2 aromatic rings. The van der Waals surface area contributed by atoms with Gasteiger partial charge in [0.05, 0.1) is 4.90 Å². The summed E-state index contributed by atoms with van der Waals surface area (Å²) in [5.74, 6) is -0.368. The molecule has 0 bridgehead atoms. The minimum atomic E-state index is -3.73. The van der Waals surface area contributed by atoms with Crippen LogP contribution in [0.4, 0.5) is 0 Å². The van der Waals surface area contributed by atoms with Gasteiger partial charge in [-0.15, -0.1) is 6.58 Å². The van der Waals surface area contributed by atoms with Crippen LogP contribution in [0.2, 0.25) is 0 Å². The highest BCUT2D eigenvalue weighted by molar-refractivity contribution is 7.92. The maximum Gasteiger partial charge on any atom is 0.188 e. The number of allylic oxidation sites excluding steroid dienone is 1. The first kappa shape index (κ1) is 17.2. The molecule has 3 nitrogen and oxygen atoms in total. The van der Waals surface area contributed by atoms with Crippen molar-refractivity contribution in [3.8, 4) is 0 Å². The topological polar surface area (TPSA) is 51.2 Å². The zero-order chi connectivity index (χ0) is 16.9. The van der Waals surface area contributed by atoms with E-state index in [2.05, 4.69) is 6.58 Å². The zero-order valence-electron chi connectivity index (χ0n) is 13.1. The first-order valence-electron chi connectivity index (χ1n) is 7.47. The van der Waals surface area contributed by atoms with Crippen molar-refractivity contribution in [3.05, 3.63) is 78.4 Å². The number of sulfone groups is 1. The highest BCUT2D eigenvalue weighted by atomic mass is 32.2. The van der Waals surface area contributed by atoms with E-state index in [1.807, 2.05) is 6.92 Å². The third kappa shape index (κ3) is 3.96. The SMILES string of the molecule is C=CCC[C@H](C(=O)c1ccccc1)S(=O)(=O)c1ccc(C)cc1. The molecule has 2 rings (SSSR count). The fourth-order valence-electron chi connectivity index (χ4n) is 2.38. The smallest absolute Gasteiger partial charge is 0.188 e. The molecule has 0 unspecified atom stereocenters. The standard InChI is InChI=1S/C19H20O3S/c1-3-4-10-18(19(20)16-8-6-5-7-9-16)23(21,22)17-13-11-15(2)12-14-17/h3,5-9,11-14,18H,1,4,10H2,2H3/t18-/m1/s1. The van der Waals surface area contributed by atoms with E-state index in [0.29, 0.717) is 12.0 Å². The average Bonchev–Trinajstić information content (AvgIpc) is 2.56. The minimum Gasteiger partial charge on any atom is -0.293 e. The first-order chi connectivity index (χ1) is 11.0. The molecule has 0 aliphatic rings. The van der Waals surface area contributed by atoms with Crippen molar-refractivity contribution >= 4 is 15.6 Å². The summed E-state index contributed by atoms with van der Waals surface area (Å²) < 4.78 is 25.8. The van der Waals surface area contributed by atoms with Crippen LogP contribution in [-0.4, -0.2) is 19.5 Å². The number of benzene rings is 2. The van der Waals surface area contributed by atoms with E-state index in [0.717, 1.165) is 5.56 Å². The van der Waals surface area contributed by atoms with Gasteiger partial charge in [-0.2, -0.15) is 0 Å². The summed E-state index contributed by atoms with van der Waals surface area (Å²) in [4.78, 5) is 12.9. The van der Waals surface area contributed by atoms with Gasteiger partial charge in [0.2, 0.25) is 0 Å². The maximum absolute atomic E-state index is 12.9. The van der Waals surface area contributed by atoms with E-state index in [4.69, 9.17) is 0 Å². The third-order valence-electron chi connectivity index (χ3n) is 3.71. The number of carbonyl (C=O) groups excluding carboxylic acids is 1. The van der Waals surface area contributed by atoms with E-state index in [9.17, 15) is 13.2 Å². The fraction of sp³-hybridized carbons (Fsp3) is 0.211. The minimum absolute atomic E-state index is 0.182. The van der Waals surface area contributed by atoms with Gasteiger partial charge in [0, 0.05) is 5.56 Å². The van der Waals surface area contributed by atoms with E-state index in [1.54, 1.807) is 60.7 Å². The summed E-state index contributed by atoms with van der Waals surface area (Å²) >= 11 is 0. The molecule has 0 N–H and O–H groups in total. The van der Waals surface area contributed by atoms with Crippen LogP contribution in [0.3, 0.4) is 0 Å². The quantitative estimate of drug-likeness (QED) is 0.570. The van der Waals surface area contributed by atoms with E-state index >= 15 is 0 Å². The van der Waals surface area contributed by atoms with Crippen LogP contribution in [0.15, 0.2) is 72.1 Å². The largest absolute Gasteiger partial charge is 0.293 e. The highest BCUT2D eigenvalue weighted by Gasteiger charge is 2.33. The lowest BCUT2D eigenvalue weighted by Crippen LogP contribution is -2.30. The second-order valence-electron chi connectivity index (χ2n) is 5.44. The molecule has 4 heteroatoms. The lowest BCUT2D eigenvalue weighted by Gasteiger charge is -2.16. The van der Waals surface area contributed by atoms with Crippen molar-refractivity contribution in [2.75, 3.05) is 0 Å². The summed E-state index contributed by atoms with van der Waals surface area (Å²) in [6.45, 7) is 5.51. The molecule has 120 valence electrons. The Morgan fingerprint density at radius 1 is 1.09 bits per heavy atom. The van der Waals surface area contributed by atoms with Crippen LogP contribution in [0, 0.1) is 6.92 Å². The molecule has 0 amide bonds. The van der Waals surface area contributed by atoms with Crippen molar-refractivity contribution in [1.29, 1.82) is 0 Å². The van der Waals surface area contributed by atoms with Crippen molar-refractivity contribution in [2.45, 2.75) is 29.9 Å². The van der Waals surface area contributed by atoms with Gasteiger partial charge < -0.3 is 0 Å². The number of Topliss-reactive ketones (excluding diaryl/α,β-unsaturated/α-hetero) is 1. The number of ketones is 1. The second kappa shape index (κ2) is 7.38. The summed E-state index contributed by atoms with van der Waals surface area (Å²) in [6.07, 6.45) is 2.33. The molecule has 0 radical (unpaired) electrons. The van der Waals surface area contributed by atoms with Gasteiger partial charge in [0.1, 0.15) is 5.25 Å². The number of aryl methyl sites for hydroxylation is 1. The van der Waals surface area contributed by atoms with Crippen LogP contribution in [0.5, 0.6) is 0 Å². The summed E-state index contributed by atoms with van der Waals surface area (Å²) in [5.41, 5.74) is 1.39. The lowest BCUT2D eigenvalue weighted by molar-refractivity contribution is 0.0984. The van der Waals surface area contributed by atoms with Crippen LogP contribution in [-0.2, 0) is 9.84 Å². The van der Waals surface area contributed by atoms with Crippen molar-refractivity contribution in [1.82, 2.24) is 0 Å². The number of hydrogen-bond acceptors (Lipinski definition) is 3. The highest BCUT2D eigenvalue weighted by Crippen LogP contribution is 2.23. The Morgan fingerprint density at radius 2 is 1.70 bits per heavy atom. The first-order valence-corrected chi connectivity index (χ1v) is 9.02. The average molecular weight is 328 g/mol. The molecular weight excluding hydrogens is 308 g/mol. The van der Waals surface area contributed by atoms with Crippen LogP contribution >= 0.6 is 0 Å². The Kier molecular flexibility index (Phi) is 5.50. The Labute approximate surface area is 137 Å². The van der Waals surface area contributed by atoms with Crippen LogP contribution in [0.1, 0.15) is 28.8 Å². The Bertz CT molecular complexity index is 775. The molecule has 0 aliphatic heterocycles. The second-order valence-corrected chi connectivity index (χ2v) is 7.57. The molecular formula is C19H20O3S. The monoisotopic (exact) mass is 328 g/mol. The predicted octanol–water partition coefficient (Wildman–Crippen LogP) is 3.99. The van der Waals surface area contributed by atoms with Gasteiger partial charge >= 0.3 is 0 Å². The molecule has 23 heavy (non-hydrogen) atoms. The molecule has 0 saturated heterocycles. The number of hydrogen-bond donors (Lipinski definition) is 0. The van der Waals surface area contributed by atoms with Crippen LogP contribution < -0.4 is 0 Å². The molecule has 0 aromatic heterocycles. The summed E-state index contributed by atoms with van der Waals surface area (Å²) in [5, 5.41) is -1.09. The van der Waals surface area contributed by atoms with Gasteiger partial charge in [0.15, 0.2) is 15.6 Å². The number of carbonyl (C=O) groups is 1. The molecule has 0 heterocycles. The van der Waals surface area contributed by atoms with Crippen molar-refractivity contribution < 1.29 is 13.2 Å². The fourth-order valence-corrected chi connectivity index (χ4v) is 4.09. The van der Waals surface area contributed by atoms with E-state index in [1.165, 1.54) is 0 Å². The molecule has 0 fully saturated rings. The zero-order valence-corrected chi connectivity index (χ0v) is 13.9. The summed E-state index contributed by atoms with van der Waals surface area (Å²) in [7, 11) is -3.73. The maximum atomic E-state index is 12.9. The van der Waals surface area contributed by atoms with Gasteiger partial charge in [-0.05, 0) is 31.9 Å². The Balaban J connectivity index is 2.43. The third-order valence-corrected chi connectivity index (χ3v) is 5.84. The van der Waals surface area contributed by atoms with E-state index < -0.39 is 15.1 Å². The van der Waals surface area contributed by atoms with Gasteiger partial charge in [-0.3, -0.25) is 4.79 Å². The summed E-state index contributed by atoms with van der Waals surface area (Å²) in [6, 6.07) is 15.2. The van der Waals surface area contributed by atoms with Gasteiger partial charge in [-0.25, -0.2) is 8.42 Å². The predicted molar refractivity (Wildman–Crippen MR) is 92.4 cm³/mol. The molecule has 2 aromatic carbocycles. The Hall–Kier alpha value is -2.20. The van der Waals surface area contributed by atoms with Crippen molar-refractivity contribution in [3.63, 3.8) is 0 Å². The molecule has 0 spiro atoms. The molecule has 1 atom stereocenters. The Morgan fingerprint density at radius 3 is 2.26 bits per heavy atom. The molecule has 0 aliphatic carbocycles. The van der Waals surface area contributed by atoms with Crippen molar-refractivity contribution in [2.24, 2.45) is 0 Å².